The molecule has 1 heterocycles. The van der Waals surface area contributed by atoms with Crippen LogP contribution in [0.1, 0.15) is 25.3 Å². The van der Waals surface area contributed by atoms with E-state index in [0.717, 1.165) is 37.2 Å². The number of likely N-dealkylation sites (tertiary alicyclic amines) is 1. The molecule has 0 spiro atoms. The van der Waals surface area contributed by atoms with E-state index in [0.29, 0.717) is 12.3 Å². The molecule has 0 radical (unpaired) electrons. The Morgan fingerprint density at radius 3 is 3.00 bits per heavy atom. The highest BCUT2D eigenvalue weighted by molar-refractivity contribution is 5.79. The van der Waals surface area contributed by atoms with Gasteiger partial charge < -0.3 is 15.4 Å². The molecule has 20 heavy (non-hydrogen) atoms. The van der Waals surface area contributed by atoms with Gasteiger partial charge in [0, 0.05) is 19.1 Å². The minimum atomic E-state index is 0.184. The fraction of sp³-hybridized carbons (Fsp3) is 0.562. The molecule has 1 fully saturated rings. The van der Waals surface area contributed by atoms with Crippen molar-refractivity contribution < 1.29 is 9.53 Å². The molecule has 0 saturated carbocycles. The lowest BCUT2D eigenvalue weighted by Crippen LogP contribution is -2.49. The van der Waals surface area contributed by atoms with Gasteiger partial charge in [-0.2, -0.15) is 0 Å². The number of hydrogen-bond donors (Lipinski definition) is 1. The van der Waals surface area contributed by atoms with E-state index in [2.05, 4.69) is 6.92 Å². The van der Waals surface area contributed by atoms with Crippen LogP contribution in [-0.4, -0.2) is 37.0 Å². The summed E-state index contributed by atoms with van der Waals surface area (Å²) in [7, 11) is 1.64. The van der Waals surface area contributed by atoms with Gasteiger partial charge in [0.1, 0.15) is 5.75 Å². The van der Waals surface area contributed by atoms with Crippen molar-refractivity contribution in [3.05, 3.63) is 29.8 Å². The zero-order valence-corrected chi connectivity index (χ0v) is 12.3. The van der Waals surface area contributed by atoms with Crippen molar-refractivity contribution in [1.82, 2.24) is 4.90 Å². The number of benzene rings is 1. The summed E-state index contributed by atoms with van der Waals surface area (Å²) >= 11 is 0. The van der Waals surface area contributed by atoms with E-state index in [-0.39, 0.29) is 11.9 Å². The maximum absolute atomic E-state index is 12.4. The van der Waals surface area contributed by atoms with Crippen LogP contribution in [0.4, 0.5) is 0 Å². The molecule has 1 aliphatic heterocycles. The van der Waals surface area contributed by atoms with Gasteiger partial charge in [-0.3, -0.25) is 4.79 Å². The molecule has 1 aromatic rings. The van der Waals surface area contributed by atoms with Crippen LogP contribution >= 0.6 is 0 Å². The highest BCUT2D eigenvalue weighted by Crippen LogP contribution is 2.20. The quantitative estimate of drug-likeness (QED) is 0.912. The third kappa shape index (κ3) is 3.51. The molecule has 2 atom stereocenters. The minimum absolute atomic E-state index is 0.184. The summed E-state index contributed by atoms with van der Waals surface area (Å²) in [5, 5.41) is 0. The summed E-state index contributed by atoms with van der Waals surface area (Å²) in [4.78, 5) is 14.3. The number of carbonyl (C=O) groups excluding carboxylic acids is 1. The first-order chi connectivity index (χ1) is 9.63. The number of nitrogens with zero attached hydrogens (tertiary/aromatic N) is 1. The van der Waals surface area contributed by atoms with Gasteiger partial charge in [0.05, 0.1) is 13.5 Å². The highest BCUT2D eigenvalue weighted by Gasteiger charge is 2.27. The minimum Gasteiger partial charge on any atom is -0.497 e. The van der Waals surface area contributed by atoms with Crippen molar-refractivity contribution in [2.75, 3.05) is 20.2 Å². The molecule has 0 aromatic heterocycles. The normalized spacial score (nSPS) is 22.6. The number of amides is 1. The maximum Gasteiger partial charge on any atom is 0.227 e. The van der Waals surface area contributed by atoms with E-state index in [9.17, 15) is 4.79 Å². The molecule has 0 bridgehead atoms. The molecule has 1 aromatic carbocycles. The molecule has 2 N–H and O–H groups in total. The summed E-state index contributed by atoms with van der Waals surface area (Å²) in [5.41, 5.74) is 7.09. The lowest BCUT2D eigenvalue weighted by Gasteiger charge is -2.36. The SMILES string of the molecule is CCC1CN(C(=O)Cc2cccc(OC)c2)CCC1N. The molecule has 4 heteroatoms. The number of hydrogen-bond acceptors (Lipinski definition) is 3. The van der Waals surface area contributed by atoms with Gasteiger partial charge in [0.2, 0.25) is 5.91 Å². The zero-order valence-electron chi connectivity index (χ0n) is 12.3. The number of nitrogens with two attached hydrogens (primary N) is 1. The van der Waals surface area contributed by atoms with E-state index in [1.807, 2.05) is 29.2 Å². The topological polar surface area (TPSA) is 55.6 Å². The van der Waals surface area contributed by atoms with E-state index in [1.165, 1.54) is 0 Å². The number of piperidine rings is 1. The Bertz CT molecular complexity index is 462. The van der Waals surface area contributed by atoms with Crippen molar-refractivity contribution in [2.45, 2.75) is 32.2 Å². The molecule has 2 unspecified atom stereocenters. The monoisotopic (exact) mass is 276 g/mol. The van der Waals surface area contributed by atoms with Crippen molar-refractivity contribution in [2.24, 2.45) is 11.7 Å². The molecule has 2 rings (SSSR count). The first kappa shape index (κ1) is 14.9. The third-order valence-corrected chi connectivity index (χ3v) is 4.16. The highest BCUT2D eigenvalue weighted by atomic mass is 16.5. The maximum atomic E-state index is 12.4. The Balaban J connectivity index is 1.97. The van der Waals surface area contributed by atoms with E-state index < -0.39 is 0 Å². The Labute approximate surface area is 120 Å². The van der Waals surface area contributed by atoms with Crippen LogP contribution in [-0.2, 0) is 11.2 Å². The molecular formula is C16H24N2O2. The van der Waals surface area contributed by atoms with Crippen molar-refractivity contribution >= 4 is 5.91 Å². The third-order valence-electron chi connectivity index (χ3n) is 4.16. The Kier molecular flexibility index (Phi) is 5.01. The number of rotatable bonds is 4. The fourth-order valence-corrected chi connectivity index (χ4v) is 2.78. The molecule has 4 nitrogen and oxygen atoms in total. The van der Waals surface area contributed by atoms with Crippen molar-refractivity contribution in [1.29, 1.82) is 0 Å². The fourth-order valence-electron chi connectivity index (χ4n) is 2.78. The van der Waals surface area contributed by atoms with Gasteiger partial charge >= 0.3 is 0 Å². The lowest BCUT2D eigenvalue weighted by atomic mass is 9.90. The van der Waals surface area contributed by atoms with Gasteiger partial charge in [0.25, 0.3) is 0 Å². The van der Waals surface area contributed by atoms with Gasteiger partial charge in [-0.15, -0.1) is 0 Å². The zero-order chi connectivity index (χ0) is 14.5. The number of methoxy groups -OCH3 is 1. The molecule has 110 valence electrons. The standard InChI is InChI=1S/C16H24N2O2/c1-3-13-11-18(8-7-15(13)17)16(19)10-12-5-4-6-14(9-12)20-2/h4-6,9,13,15H,3,7-8,10-11,17H2,1-2H3. The van der Waals surface area contributed by atoms with Crippen LogP contribution in [0.5, 0.6) is 5.75 Å². The molecule has 0 aliphatic carbocycles. The average Bonchev–Trinajstić information content (AvgIpc) is 2.47. The van der Waals surface area contributed by atoms with Gasteiger partial charge in [-0.25, -0.2) is 0 Å². The second kappa shape index (κ2) is 6.75. The summed E-state index contributed by atoms with van der Waals surface area (Å²) < 4.78 is 5.19. The van der Waals surface area contributed by atoms with Crippen LogP contribution in [0.15, 0.2) is 24.3 Å². The predicted molar refractivity (Wildman–Crippen MR) is 79.7 cm³/mol. The smallest absolute Gasteiger partial charge is 0.227 e. The van der Waals surface area contributed by atoms with Crippen LogP contribution in [0.3, 0.4) is 0 Å². The first-order valence-electron chi connectivity index (χ1n) is 7.30. The van der Waals surface area contributed by atoms with Crippen LogP contribution < -0.4 is 10.5 Å². The molecule has 1 amide bonds. The van der Waals surface area contributed by atoms with Crippen molar-refractivity contribution in [3.63, 3.8) is 0 Å². The second-order valence-corrected chi connectivity index (χ2v) is 5.49. The largest absolute Gasteiger partial charge is 0.497 e. The van der Waals surface area contributed by atoms with Crippen LogP contribution in [0, 0.1) is 5.92 Å². The Hall–Kier alpha value is -1.55. The Morgan fingerprint density at radius 2 is 2.30 bits per heavy atom. The summed E-state index contributed by atoms with van der Waals surface area (Å²) in [5.74, 6) is 1.41. The van der Waals surface area contributed by atoms with E-state index in [1.54, 1.807) is 7.11 Å². The van der Waals surface area contributed by atoms with E-state index >= 15 is 0 Å². The number of carbonyl (C=O) groups is 1. The molecule has 1 aliphatic rings. The van der Waals surface area contributed by atoms with Crippen LogP contribution in [0.25, 0.3) is 0 Å². The predicted octanol–water partition coefficient (Wildman–Crippen LogP) is 1.82. The van der Waals surface area contributed by atoms with Crippen LogP contribution in [0.2, 0.25) is 0 Å². The number of ether oxygens (including phenoxy) is 1. The van der Waals surface area contributed by atoms with Gasteiger partial charge in [-0.05, 0) is 30.0 Å². The summed E-state index contributed by atoms with van der Waals surface area (Å²) in [6.45, 7) is 3.71. The first-order valence-corrected chi connectivity index (χ1v) is 7.30. The van der Waals surface area contributed by atoms with Gasteiger partial charge in [-0.1, -0.05) is 25.5 Å². The second-order valence-electron chi connectivity index (χ2n) is 5.49. The molecular weight excluding hydrogens is 252 g/mol. The Morgan fingerprint density at radius 1 is 1.50 bits per heavy atom. The molecule has 1 saturated heterocycles. The lowest BCUT2D eigenvalue weighted by molar-refractivity contribution is -0.132. The summed E-state index contributed by atoms with van der Waals surface area (Å²) in [6.07, 6.45) is 2.37. The van der Waals surface area contributed by atoms with E-state index in [4.69, 9.17) is 10.5 Å². The van der Waals surface area contributed by atoms with Gasteiger partial charge in [0.15, 0.2) is 0 Å². The summed E-state index contributed by atoms with van der Waals surface area (Å²) in [6, 6.07) is 7.93. The van der Waals surface area contributed by atoms with Crippen molar-refractivity contribution in [3.8, 4) is 5.75 Å². The average molecular weight is 276 g/mol.